The van der Waals surface area contributed by atoms with Crippen LogP contribution in [0.2, 0.25) is 0 Å². The molecule has 2 aromatic carbocycles. The van der Waals surface area contributed by atoms with E-state index in [0.29, 0.717) is 17.9 Å². The zero-order valence-corrected chi connectivity index (χ0v) is 25.9. The van der Waals surface area contributed by atoms with E-state index in [1.807, 2.05) is 30.3 Å². The second-order valence-electron chi connectivity index (χ2n) is 10.9. The summed E-state index contributed by atoms with van der Waals surface area (Å²) in [7, 11) is 1.60. The number of ether oxygens (including phenoxy) is 1. The van der Waals surface area contributed by atoms with Gasteiger partial charge in [0.2, 0.25) is 0 Å². The van der Waals surface area contributed by atoms with Gasteiger partial charge in [0.05, 0.1) is 18.7 Å². The first kappa shape index (κ1) is 31.9. The standard InChI is InChI=1S/C34H46BrNO4/c1-3-4-5-6-7-8-9-10-11-12-13-14-15-16-24-36-31(26-20-22-29(40-2)23-21-26)30(33(38)34(36)39)32(37)27-18-17-19-28(35)25-27/h17-23,25,31,37H,3-16,24H2,1-2H3/b32-30-. The van der Waals surface area contributed by atoms with Gasteiger partial charge in [-0.3, -0.25) is 9.59 Å². The molecule has 0 aliphatic carbocycles. The van der Waals surface area contributed by atoms with Crippen molar-refractivity contribution in [3.63, 3.8) is 0 Å². The monoisotopic (exact) mass is 611 g/mol. The number of ketones is 1. The number of Topliss-reactive ketones (excluding diaryl/α,β-unsaturated/α-hetero) is 1. The van der Waals surface area contributed by atoms with Crippen molar-refractivity contribution in [2.45, 2.75) is 103 Å². The number of hydrogen-bond donors (Lipinski definition) is 1. The third kappa shape index (κ3) is 9.22. The Morgan fingerprint density at radius 3 is 1.90 bits per heavy atom. The molecule has 2 aromatic rings. The molecule has 1 aliphatic heterocycles. The Kier molecular flexibility index (Phi) is 13.8. The molecular formula is C34H46BrNO4. The molecule has 0 spiro atoms. The van der Waals surface area contributed by atoms with Crippen LogP contribution in [0.1, 0.15) is 114 Å². The van der Waals surface area contributed by atoms with Crippen LogP contribution in [-0.4, -0.2) is 35.4 Å². The minimum Gasteiger partial charge on any atom is -0.507 e. The quantitative estimate of drug-likeness (QED) is 0.0789. The van der Waals surface area contributed by atoms with E-state index in [0.717, 1.165) is 29.3 Å². The molecule has 0 aromatic heterocycles. The summed E-state index contributed by atoms with van der Waals surface area (Å²) in [5.41, 5.74) is 1.42. The van der Waals surface area contributed by atoms with E-state index in [1.165, 1.54) is 70.6 Å². The van der Waals surface area contributed by atoms with Crippen molar-refractivity contribution >= 4 is 33.4 Å². The maximum atomic E-state index is 13.2. The van der Waals surface area contributed by atoms with Gasteiger partial charge in [-0.05, 0) is 36.2 Å². The molecule has 6 heteroatoms. The number of amides is 1. The molecule has 1 aliphatic rings. The first-order valence-corrected chi connectivity index (χ1v) is 16.0. The highest BCUT2D eigenvalue weighted by Gasteiger charge is 2.45. The van der Waals surface area contributed by atoms with E-state index in [4.69, 9.17) is 4.74 Å². The van der Waals surface area contributed by atoms with Crippen LogP contribution < -0.4 is 4.74 Å². The van der Waals surface area contributed by atoms with Crippen molar-refractivity contribution in [1.29, 1.82) is 0 Å². The zero-order valence-electron chi connectivity index (χ0n) is 24.3. The Balaban J connectivity index is 1.55. The summed E-state index contributed by atoms with van der Waals surface area (Å²) in [4.78, 5) is 28.0. The molecule has 1 amide bonds. The van der Waals surface area contributed by atoms with Crippen LogP contribution in [0.15, 0.2) is 58.6 Å². The summed E-state index contributed by atoms with van der Waals surface area (Å²) in [6, 6.07) is 13.9. The Hall–Kier alpha value is -2.60. The fourth-order valence-corrected chi connectivity index (χ4v) is 5.91. The van der Waals surface area contributed by atoms with Gasteiger partial charge < -0.3 is 14.7 Å². The lowest BCUT2D eigenvalue weighted by atomic mass is 9.95. The smallest absolute Gasteiger partial charge is 0.295 e. The summed E-state index contributed by atoms with van der Waals surface area (Å²) in [5, 5.41) is 11.2. The fourth-order valence-electron chi connectivity index (χ4n) is 5.51. The predicted molar refractivity (Wildman–Crippen MR) is 166 cm³/mol. The lowest BCUT2D eigenvalue weighted by molar-refractivity contribution is -0.139. The van der Waals surface area contributed by atoms with E-state index in [2.05, 4.69) is 22.9 Å². The predicted octanol–water partition coefficient (Wildman–Crippen LogP) is 9.36. The minimum absolute atomic E-state index is 0.138. The lowest BCUT2D eigenvalue weighted by Gasteiger charge is -2.25. The number of aliphatic hydroxyl groups excluding tert-OH is 1. The molecular weight excluding hydrogens is 566 g/mol. The van der Waals surface area contributed by atoms with Crippen LogP contribution in [0, 0.1) is 0 Å². The third-order valence-corrected chi connectivity index (χ3v) is 8.32. The average molecular weight is 613 g/mol. The van der Waals surface area contributed by atoms with E-state index in [1.54, 1.807) is 30.2 Å². The summed E-state index contributed by atoms with van der Waals surface area (Å²) < 4.78 is 6.09. The van der Waals surface area contributed by atoms with Crippen LogP contribution in [-0.2, 0) is 9.59 Å². The van der Waals surface area contributed by atoms with Gasteiger partial charge >= 0.3 is 0 Å². The van der Waals surface area contributed by atoms with Gasteiger partial charge in [0.15, 0.2) is 0 Å². The Morgan fingerprint density at radius 1 is 0.825 bits per heavy atom. The normalized spacial score (nSPS) is 16.6. The van der Waals surface area contributed by atoms with Crippen LogP contribution in [0.5, 0.6) is 5.75 Å². The molecule has 1 unspecified atom stereocenters. The number of likely N-dealkylation sites (tertiary alicyclic amines) is 1. The van der Waals surface area contributed by atoms with Crippen LogP contribution in [0.4, 0.5) is 0 Å². The van der Waals surface area contributed by atoms with Gasteiger partial charge in [-0.2, -0.15) is 0 Å². The zero-order chi connectivity index (χ0) is 28.7. The van der Waals surface area contributed by atoms with Crippen LogP contribution in [0.25, 0.3) is 5.76 Å². The van der Waals surface area contributed by atoms with Crippen molar-refractivity contribution in [2.24, 2.45) is 0 Å². The highest BCUT2D eigenvalue weighted by Crippen LogP contribution is 2.40. The van der Waals surface area contributed by atoms with Gasteiger partial charge in [0.25, 0.3) is 11.7 Å². The van der Waals surface area contributed by atoms with Gasteiger partial charge in [-0.1, -0.05) is 131 Å². The molecule has 3 rings (SSSR count). The van der Waals surface area contributed by atoms with Gasteiger partial charge in [0.1, 0.15) is 11.5 Å². The van der Waals surface area contributed by atoms with Crippen molar-refractivity contribution < 1.29 is 19.4 Å². The number of carbonyl (C=O) groups excluding carboxylic acids is 2. The van der Waals surface area contributed by atoms with Crippen LogP contribution in [0.3, 0.4) is 0 Å². The van der Waals surface area contributed by atoms with Crippen molar-refractivity contribution in [2.75, 3.05) is 13.7 Å². The lowest BCUT2D eigenvalue weighted by Crippen LogP contribution is -2.30. The number of halogens is 1. The number of carbonyl (C=O) groups is 2. The Labute approximate surface area is 249 Å². The molecule has 0 radical (unpaired) electrons. The summed E-state index contributed by atoms with van der Waals surface area (Å²) >= 11 is 3.43. The molecule has 1 saturated heterocycles. The highest BCUT2D eigenvalue weighted by molar-refractivity contribution is 9.10. The van der Waals surface area contributed by atoms with Crippen molar-refractivity contribution in [3.8, 4) is 5.75 Å². The summed E-state index contributed by atoms with van der Waals surface area (Å²) in [6.07, 6.45) is 17.6. The summed E-state index contributed by atoms with van der Waals surface area (Å²) in [6.45, 7) is 2.74. The van der Waals surface area contributed by atoms with E-state index < -0.39 is 17.7 Å². The molecule has 0 bridgehead atoms. The topological polar surface area (TPSA) is 66.8 Å². The number of benzene rings is 2. The Morgan fingerprint density at radius 2 is 1.38 bits per heavy atom. The molecule has 5 nitrogen and oxygen atoms in total. The second-order valence-corrected chi connectivity index (χ2v) is 11.8. The Bertz CT molecular complexity index is 1110. The van der Waals surface area contributed by atoms with Crippen molar-refractivity contribution in [3.05, 3.63) is 69.7 Å². The van der Waals surface area contributed by atoms with Gasteiger partial charge in [0, 0.05) is 16.6 Å². The van der Waals surface area contributed by atoms with E-state index in [9.17, 15) is 14.7 Å². The fraction of sp³-hybridized carbons (Fsp3) is 0.529. The number of nitrogens with zero attached hydrogens (tertiary/aromatic N) is 1. The molecule has 218 valence electrons. The van der Waals surface area contributed by atoms with Gasteiger partial charge in [-0.25, -0.2) is 0 Å². The SMILES string of the molecule is CCCCCCCCCCCCCCCCN1C(=O)C(=O)/C(=C(\O)c2cccc(Br)c2)C1c1ccc(OC)cc1. The van der Waals surface area contributed by atoms with E-state index >= 15 is 0 Å². The van der Waals surface area contributed by atoms with E-state index in [-0.39, 0.29) is 11.3 Å². The van der Waals surface area contributed by atoms with Gasteiger partial charge in [-0.15, -0.1) is 0 Å². The number of hydrogen-bond acceptors (Lipinski definition) is 4. The molecule has 1 atom stereocenters. The maximum Gasteiger partial charge on any atom is 0.295 e. The molecule has 1 fully saturated rings. The number of methoxy groups -OCH3 is 1. The van der Waals surface area contributed by atoms with Crippen LogP contribution >= 0.6 is 15.9 Å². The molecule has 40 heavy (non-hydrogen) atoms. The molecule has 1 heterocycles. The van der Waals surface area contributed by atoms with Crippen molar-refractivity contribution in [1.82, 2.24) is 4.90 Å². The number of unbranched alkanes of at least 4 members (excludes halogenated alkanes) is 13. The number of aliphatic hydroxyl groups is 1. The molecule has 1 N–H and O–H groups in total. The number of rotatable bonds is 18. The minimum atomic E-state index is -0.636. The second kappa shape index (κ2) is 17.3. The molecule has 0 saturated carbocycles. The average Bonchev–Trinajstić information content (AvgIpc) is 3.22. The first-order valence-electron chi connectivity index (χ1n) is 15.2. The maximum absolute atomic E-state index is 13.2. The first-order chi connectivity index (χ1) is 19.5. The largest absolute Gasteiger partial charge is 0.507 e. The summed E-state index contributed by atoms with van der Waals surface area (Å²) in [5.74, 6) is -0.640. The highest BCUT2D eigenvalue weighted by atomic mass is 79.9. The third-order valence-electron chi connectivity index (χ3n) is 7.82.